The predicted octanol–water partition coefficient (Wildman–Crippen LogP) is 1.84. The lowest BCUT2D eigenvalue weighted by Crippen LogP contribution is -2.52. The standard InChI is InChI=1S/C22H28N4O3/c1-14-18(15(2)24-22(29)23-14)9-10-21(28)26-12-11-19(17-7-5-4-6-8-17)20(13-26)25-16(3)27/h4-8,19-20H,9-13H2,1-3H3,(H,25,27)(H,23,24,29)/t19-,20-/m0/s1. The van der Waals surface area contributed by atoms with E-state index in [1.165, 1.54) is 12.5 Å². The van der Waals surface area contributed by atoms with Crippen molar-refractivity contribution in [1.29, 1.82) is 0 Å². The van der Waals surface area contributed by atoms with Gasteiger partial charge < -0.3 is 15.2 Å². The fraction of sp³-hybridized carbons (Fsp3) is 0.455. The zero-order valence-corrected chi connectivity index (χ0v) is 17.2. The topological polar surface area (TPSA) is 95.2 Å². The third-order valence-corrected chi connectivity index (χ3v) is 5.62. The van der Waals surface area contributed by atoms with Crippen molar-refractivity contribution in [3.63, 3.8) is 0 Å². The van der Waals surface area contributed by atoms with Gasteiger partial charge >= 0.3 is 5.69 Å². The number of H-pyrrole nitrogens is 1. The van der Waals surface area contributed by atoms with Crippen LogP contribution in [0.5, 0.6) is 0 Å². The normalized spacial score (nSPS) is 19.1. The maximum Gasteiger partial charge on any atom is 0.345 e. The SMILES string of the molecule is CC(=O)N[C@H]1CN(C(=O)CCc2c(C)nc(=O)[nH]c2C)CC[C@H]1c1ccccc1. The smallest absolute Gasteiger partial charge is 0.345 e. The van der Waals surface area contributed by atoms with Crippen LogP contribution in [0, 0.1) is 13.8 Å². The number of piperidine rings is 1. The molecule has 2 aromatic rings. The minimum Gasteiger partial charge on any atom is -0.351 e. The molecule has 0 saturated carbocycles. The fourth-order valence-electron chi connectivity index (χ4n) is 4.20. The summed E-state index contributed by atoms with van der Waals surface area (Å²) in [7, 11) is 0. The number of nitrogens with one attached hydrogen (secondary N) is 2. The van der Waals surface area contributed by atoms with Gasteiger partial charge in [-0.3, -0.25) is 9.59 Å². The Labute approximate surface area is 170 Å². The monoisotopic (exact) mass is 396 g/mol. The van der Waals surface area contributed by atoms with Gasteiger partial charge in [0.15, 0.2) is 0 Å². The van der Waals surface area contributed by atoms with Crippen LogP contribution in [0.15, 0.2) is 35.1 Å². The summed E-state index contributed by atoms with van der Waals surface area (Å²) in [6.45, 7) is 6.29. The summed E-state index contributed by atoms with van der Waals surface area (Å²) < 4.78 is 0. The van der Waals surface area contributed by atoms with Gasteiger partial charge in [-0.05, 0) is 37.8 Å². The van der Waals surface area contributed by atoms with Crippen molar-refractivity contribution in [2.24, 2.45) is 0 Å². The van der Waals surface area contributed by atoms with Gasteiger partial charge in [-0.1, -0.05) is 30.3 Å². The zero-order chi connectivity index (χ0) is 21.0. The molecule has 0 bridgehead atoms. The van der Waals surface area contributed by atoms with Crippen molar-refractivity contribution in [3.05, 3.63) is 63.3 Å². The van der Waals surface area contributed by atoms with Gasteiger partial charge in [0, 0.05) is 43.7 Å². The second-order valence-electron chi connectivity index (χ2n) is 7.68. The molecule has 1 aliphatic rings. The maximum absolute atomic E-state index is 12.9. The first-order valence-electron chi connectivity index (χ1n) is 10.0. The molecule has 2 amide bonds. The summed E-state index contributed by atoms with van der Waals surface area (Å²) in [6, 6.07) is 10.0. The van der Waals surface area contributed by atoms with Crippen LogP contribution in [0.1, 0.15) is 48.2 Å². The molecule has 2 heterocycles. The number of aromatic amines is 1. The molecule has 154 valence electrons. The second kappa shape index (κ2) is 9.03. The quantitative estimate of drug-likeness (QED) is 0.806. The Morgan fingerprint density at radius 3 is 2.62 bits per heavy atom. The van der Waals surface area contributed by atoms with Gasteiger partial charge in [0.05, 0.1) is 6.04 Å². The van der Waals surface area contributed by atoms with E-state index in [4.69, 9.17) is 0 Å². The van der Waals surface area contributed by atoms with E-state index in [0.717, 1.165) is 17.7 Å². The average molecular weight is 396 g/mol. The second-order valence-corrected chi connectivity index (χ2v) is 7.68. The first kappa shape index (κ1) is 20.8. The zero-order valence-electron chi connectivity index (χ0n) is 17.2. The molecule has 1 aliphatic heterocycles. The molecule has 7 heteroatoms. The third kappa shape index (κ3) is 5.10. The lowest BCUT2D eigenvalue weighted by atomic mass is 9.85. The first-order valence-corrected chi connectivity index (χ1v) is 10.0. The van der Waals surface area contributed by atoms with E-state index in [1.807, 2.05) is 30.0 Å². The van der Waals surface area contributed by atoms with Gasteiger partial charge in [-0.15, -0.1) is 0 Å². The van der Waals surface area contributed by atoms with Crippen molar-refractivity contribution in [2.75, 3.05) is 13.1 Å². The van der Waals surface area contributed by atoms with Crippen LogP contribution < -0.4 is 11.0 Å². The summed E-state index contributed by atoms with van der Waals surface area (Å²) >= 11 is 0. The van der Waals surface area contributed by atoms with Crippen molar-refractivity contribution >= 4 is 11.8 Å². The van der Waals surface area contributed by atoms with Crippen LogP contribution in [-0.4, -0.2) is 45.8 Å². The largest absolute Gasteiger partial charge is 0.351 e. The molecule has 1 fully saturated rings. The highest BCUT2D eigenvalue weighted by Crippen LogP contribution is 2.29. The lowest BCUT2D eigenvalue weighted by Gasteiger charge is -2.39. The molecule has 0 aliphatic carbocycles. The van der Waals surface area contributed by atoms with Crippen LogP contribution in [0.4, 0.5) is 0 Å². The molecule has 3 rings (SSSR count). The number of nitrogens with zero attached hydrogens (tertiary/aromatic N) is 2. The fourth-order valence-corrected chi connectivity index (χ4v) is 4.20. The van der Waals surface area contributed by atoms with Crippen molar-refractivity contribution in [2.45, 2.75) is 52.0 Å². The van der Waals surface area contributed by atoms with Gasteiger partial charge in [0.2, 0.25) is 11.8 Å². The molecule has 2 atom stereocenters. The number of hydrogen-bond acceptors (Lipinski definition) is 4. The van der Waals surface area contributed by atoms with E-state index in [-0.39, 0.29) is 29.5 Å². The summed E-state index contributed by atoms with van der Waals surface area (Å²) in [5, 5.41) is 3.03. The molecule has 0 spiro atoms. The van der Waals surface area contributed by atoms with Crippen LogP contribution >= 0.6 is 0 Å². The number of amides is 2. The average Bonchev–Trinajstić information content (AvgIpc) is 2.67. The number of rotatable bonds is 5. The van der Waals surface area contributed by atoms with Crippen molar-refractivity contribution in [3.8, 4) is 0 Å². The number of carbonyl (C=O) groups is 2. The van der Waals surface area contributed by atoms with E-state index in [9.17, 15) is 14.4 Å². The van der Waals surface area contributed by atoms with E-state index in [0.29, 0.717) is 31.6 Å². The highest BCUT2D eigenvalue weighted by Gasteiger charge is 2.32. The Hall–Kier alpha value is -2.96. The number of aryl methyl sites for hydroxylation is 2. The van der Waals surface area contributed by atoms with Gasteiger partial charge in [-0.25, -0.2) is 4.79 Å². The van der Waals surface area contributed by atoms with Crippen LogP contribution in [-0.2, 0) is 16.0 Å². The first-order chi connectivity index (χ1) is 13.8. The number of aromatic nitrogens is 2. The number of likely N-dealkylation sites (tertiary alicyclic amines) is 1. The number of benzene rings is 1. The van der Waals surface area contributed by atoms with E-state index < -0.39 is 0 Å². The Morgan fingerprint density at radius 2 is 1.97 bits per heavy atom. The minimum absolute atomic E-state index is 0.0527. The molecule has 29 heavy (non-hydrogen) atoms. The Balaban J connectivity index is 1.67. The van der Waals surface area contributed by atoms with E-state index in [2.05, 4.69) is 27.4 Å². The molecule has 0 unspecified atom stereocenters. The molecule has 1 saturated heterocycles. The van der Waals surface area contributed by atoms with Crippen LogP contribution in [0.3, 0.4) is 0 Å². The Bertz CT molecular complexity index is 913. The molecule has 1 aromatic carbocycles. The van der Waals surface area contributed by atoms with Crippen molar-refractivity contribution in [1.82, 2.24) is 20.2 Å². The molecule has 1 aromatic heterocycles. The van der Waals surface area contributed by atoms with Gasteiger partial charge in [0.25, 0.3) is 0 Å². The summed E-state index contributed by atoms with van der Waals surface area (Å²) in [4.78, 5) is 44.5. The van der Waals surface area contributed by atoms with Crippen LogP contribution in [0.2, 0.25) is 0 Å². The summed E-state index contributed by atoms with van der Waals surface area (Å²) in [6.07, 6.45) is 1.68. The number of hydrogen-bond donors (Lipinski definition) is 2. The third-order valence-electron chi connectivity index (χ3n) is 5.62. The van der Waals surface area contributed by atoms with Crippen molar-refractivity contribution < 1.29 is 9.59 Å². The van der Waals surface area contributed by atoms with Crippen LogP contribution in [0.25, 0.3) is 0 Å². The molecular formula is C22H28N4O3. The highest BCUT2D eigenvalue weighted by molar-refractivity contribution is 5.77. The minimum atomic E-state index is -0.365. The van der Waals surface area contributed by atoms with E-state index in [1.54, 1.807) is 6.92 Å². The van der Waals surface area contributed by atoms with Gasteiger partial charge in [-0.2, -0.15) is 4.98 Å². The molecule has 7 nitrogen and oxygen atoms in total. The maximum atomic E-state index is 12.9. The highest BCUT2D eigenvalue weighted by atomic mass is 16.2. The Kier molecular flexibility index (Phi) is 6.46. The van der Waals surface area contributed by atoms with E-state index >= 15 is 0 Å². The summed E-state index contributed by atoms with van der Waals surface area (Å²) in [5.74, 6) is 0.157. The molecule has 0 radical (unpaired) electrons. The lowest BCUT2D eigenvalue weighted by molar-refractivity contribution is -0.133. The molecule has 2 N–H and O–H groups in total. The Morgan fingerprint density at radius 1 is 1.24 bits per heavy atom. The number of carbonyl (C=O) groups excluding carboxylic acids is 2. The predicted molar refractivity (Wildman–Crippen MR) is 111 cm³/mol. The van der Waals surface area contributed by atoms with Gasteiger partial charge in [0.1, 0.15) is 0 Å². The summed E-state index contributed by atoms with van der Waals surface area (Å²) in [5.41, 5.74) is 3.16. The molecular weight excluding hydrogens is 368 g/mol.